The summed E-state index contributed by atoms with van der Waals surface area (Å²) in [6.45, 7) is 10.2. The fraction of sp³-hybridized carbons (Fsp3) is 0.429. The largest absolute Gasteiger partial charge is 0.357 e. The molecule has 0 aliphatic heterocycles. The maximum absolute atomic E-state index is 12.1. The highest BCUT2D eigenvalue weighted by Crippen LogP contribution is 2.15. The van der Waals surface area contributed by atoms with Crippen LogP contribution in [0.5, 0.6) is 0 Å². The lowest BCUT2D eigenvalue weighted by Crippen LogP contribution is -2.36. The van der Waals surface area contributed by atoms with Crippen molar-refractivity contribution in [2.45, 2.75) is 47.2 Å². The van der Waals surface area contributed by atoms with Crippen molar-refractivity contribution in [2.24, 2.45) is 10.9 Å². The number of carbonyl (C=O) groups excluding carboxylic acids is 1. The van der Waals surface area contributed by atoms with Gasteiger partial charge in [-0.1, -0.05) is 26.0 Å². The van der Waals surface area contributed by atoms with Crippen LogP contribution in [0.15, 0.2) is 41.4 Å². The summed E-state index contributed by atoms with van der Waals surface area (Å²) in [5.74, 6) is 0.856. The number of nitrogens with zero attached hydrogens (tertiary/aromatic N) is 1. The van der Waals surface area contributed by atoms with E-state index in [1.807, 2.05) is 38.1 Å². The van der Waals surface area contributed by atoms with E-state index in [4.69, 9.17) is 0 Å². The molecule has 2 aromatic rings. The molecule has 1 unspecified atom stereocenters. The molecule has 0 fully saturated rings. The molecule has 0 spiro atoms. The molecule has 3 N–H and O–H groups in total. The molecule has 1 atom stereocenters. The minimum atomic E-state index is 0.0112. The Bertz CT molecular complexity index is 769. The molecule has 0 saturated carbocycles. The summed E-state index contributed by atoms with van der Waals surface area (Å²) in [4.78, 5) is 19.3. The zero-order chi connectivity index (χ0) is 19.6. The molecule has 0 bridgehead atoms. The van der Waals surface area contributed by atoms with Gasteiger partial charge >= 0.3 is 0 Å². The van der Waals surface area contributed by atoms with Gasteiger partial charge in [-0.05, 0) is 50.1 Å². The Labute approximate surface area is 166 Å². The summed E-state index contributed by atoms with van der Waals surface area (Å²) in [7, 11) is 0. The normalized spacial score (nSPS) is 12.5. The molecule has 1 amide bonds. The van der Waals surface area contributed by atoms with E-state index in [-0.39, 0.29) is 11.8 Å². The van der Waals surface area contributed by atoms with Crippen molar-refractivity contribution in [1.29, 1.82) is 0 Å². The molecule has 0 aliphatic carbocycles. The lowest BCUT2D eigenvalue weighted by atomic mass is 10.1. The highest BCUT2D eigenvalue weighted by atomic mass is 32.1. The maximum atomic E-state index is 12.1. The third-order valence-electron chi connectivity index (χ3n) is 4.24. The molecule has 0 aliphatic rings. The van der Waals surface area contributed by atoms with Gasteiger partial charge in [0.25, 0.3) is 0 Å². The zero-order valence-corrected chi connectivity index (χ0v) is 17.5. The van der Waals surface area contributed by atoms with Gasteiger partial charge in [0.05, 0.1) is 13.1 Å². The molecule has 1 aromatic heterocycles. The molecule has 6 heteroatoms. The third-order valence-corrected chi connectivity index (χ3v) is 5.25. The summed E-state index contributed by atoms with van der Waals surface area (Å²) in [6.07, 6.45) is 0.831. The Morgan fingerprint density at radius 2 is 2.00 bits per heavy atom. The smallest absolute Gasteiger partial charge is 0.227 e. The van der Waals surface area contributed by atoms with Crippen molar-refractivity contribution >= 4 is 28.9 Å². The van der Waals surface area contributed by atoms with E-state index in [1.54, 1.807) is 11.3 Å². The average Bonchev–Trinajstić information content (AvgIpc) is 3.08. The summed E-state index contributed by atoms with van der Waals surface area (Å²) in [5, 5.41) is 9.62. The number of hydrogen-bond acceptors (Lipinski definition) is 3. The van der Waals surface area contributed by atoms with Crippen molar-refractivity contribution in [2.75, 3.05) is 11.9 Å². The van der Waals surface area contributed by atoms with Gasteiger partial charge in [0.2, 0.25) is 5.91 Å². The Morgan fingerprint density at radius 1 is 1.19 bits per heavy atom. The first-order valence-corrected chi connectivity index (χ1v) is 10.3. The second-order valence-corrected chi connectivity index (χ2v) is 7.93. The van der Waals surface area contributed by atoms with Crippen LogP contribution in [0.3, 0.4) is 0 Å². The van der Waals surface area contributed by atoms with Gasteiger partial charge < -0.3 is 16.0 Å². The van der Waals surface area contributed by atoms with Gasteiger partial charge in [-0.25, -0.2) is 4.99 Å². The second-order valence-electron chi connectivity index (χ2n) is 6.56. The lowest BCUT2D eigenvalue weighted by molar-refractivity contribution is -0.119. The predicted octanol–water partition coefficient (Wildman–Crippen LogP) is 4.30. The fourth-order valence-electron chi connectivity index (χ4n) is 2.46. The van der Waals surface area contributed by atoms with Gasteiger partial charge in [0.15, 0.2) is 5.96 Å². The molecule has 0 saturated heterocycles. The number of nitrogens with one attached hydrogen (secondary N) is 3. The van der Waals surface area contributed by atoms with Crippen molar-refractivity contribution in [3.05, 3.63) is 51.7 Å². The molecule has 146 valence electrons. The minimum Gasteiger partial charge on any atom is -0.357 e. The van der Waals surface area contributed by atoms with Crippen molar-refractivity contribution in [3.63, 3.8) is 0 Å². The molecule has 5 nitrogen and oxygen atoms in total. The monoisotopic (exact) mass is 386 g/mol. The SMILES string of the molecule is CCNC(=NCc1cccc(NC(=O)C(C)CC)c1)NCc1ccc(C)s1. The van der Waals surface area contributed by atoms with E-state index in [9.17, 15) is 4.79 Å². The highest BCUT2D eigenvalue weighted by molar-refractivity contribution is 7.11. The first kappa shape index (κ1) is 21.0. The van der Waals surface area contributed by atoms with Crippen molar-refractivity contribution in [3.8, 4) is 0 Å². The standard InChI is InChI=1S/C21H30N4OS/c1-5-15(3)20(26)25-18-9-7-8-17(12-18)13-23-21(22-6-2)24-14-19-11-10-16(4)27-19/h7-12,15H,5-6,13-14H2,1-4H3,(H,25,26)(H2,22,23,24). The van der Waals surface area contributed by atoms with Crippen LogP contribution in [-0.2, 0) is 17.9 Å². The van der Waals surface area contributed by atoms with Crippen LogP contribution in [0.4, 0.5) is 5.69 Å². The van der Waals surface area contributed by atoms with E-state index in [2.05, 4.69) is 46.9 Å². The number of aryl methyl sites for hydroxylation is 1. The first-order valence-electron chi connectivity index (χ1n) is 9.49. The highest BCUT2D eigenvalue weighted by Gasteiger charge is 2.10. The van der Waals surface area contributed by atoms with Crippen LogP contribution in [-0.4, -0.2) is 18.4 Å². The van der Waals surface area contributed by atoms with Crippen LogP contribution in [0, 0.1) is 12.8 Å². The van der Waals surface area contributed by atoms with E-state index in [1.165, 1.54) is 9.75 Å². The number of rotatable bonds is 8. The van der Waals surface area contributed by atoms with Crippen LogP contribution < -0.4 is 16.0 Å². The van der Waals surface area contributed by atoms with E-state index >= 15 is 0 Å². The van der Waals surface area contributed by atoms with E-state index < -0.39 is 0 Å². The number of aliphatic imine (C=N–C) groups is 1. The molecule has 1 heterocycles. The lowest BCUT2D eigenvalue weighted by Gasteiger charge is -2.12. The Morgan fingerprint density at radius 3 is 2.67 bits per heavy atom. The number of carbonyl (C=O) groups is 1. The van der Waals surface area contributed by atoms with E-state index in [0.29, 0.717) is 6.54 Å². The third kappa shape index (κ3) is 7.06. The van der Waals surface area contributed by atoms with Crippen molar-refractivity contribution in [1.82, 2.24) is 10.6 Å². The predicted molar refractivity (Wildman–Crippen MR) is 115 cm³/mol. The minimum absolute atomic E-state index is 0.0112. The van der Waals surface area contributed by atoms with Crippen LogP contribution >= 0.6 is 11.3 Å². The topological polar surface area (TPSA) is 65.5 Å². The summed E-state index contributed by atoms with van der Waals surface area (Å²) in [6, 6.07) is 12.1. The number of amides is 1. The number of anilines is 1. The Balaban J connectivity index is 1.97. The first-order chi connectivity index (χ1) is 13.0. The van der Waals surface area contributed by atoms with Crippen LogP contribution in [0.2, 0.25) is 0 Å². The number of benzene rings is 1. The van der Waals surface area contributed by atoms with Gasteiger partial charge in [0, 0.05) is 27.9 Å². The van der Waals surface area contributed by atoms with Gasteiger partial charge in [0.1, 0.15) is 0 Å². The summed E-state index contributed by atoms with van der Waals surface area (Å²) >= 11 is 1.79. The summed E-state index contributed by atoms with van der Waals surface area (Å²) in [5.41, 5.74) is 1.88. The number of hydrogen-bond donors (Lipinski definition) is 3. The summed E-state index contributed by atoms with van der Waals surface area (Å²) < 4.78 is 0. The number of thiophene rings is 1. The van der Waals surface area contributed by atoms with Crippen LogP contribution in [0.1, 0.15) is 42.5 Å². The molecular formula is C21H30N4OS. The molecule has 0 radical (unpaired) electrons. The molecular weight excluding hydrogens is 356 g/mol. The maximum Gasteiger partial charge on any atom is 0.227 e. The zero-order valence-electron chi connectivity index (χ0n) is 16.6. The quantitative estimate of drug-likeness (QED) is 0.468. The Hall–Kier alpha value is -2.34. The van der Waals surface area contributed by atoms with Gasteiger partial charge in [-0.3, -0.25) is 4.79 Å². The molecule has 1 aromatic carbocycles. The van der Waals surface area contributed by atoms with E-state index in [0.717, 1.165) is 36.7 Å². The second kappa shape index (κ2) is 10.7. The fourth-order valence-corrected chi connectivity index (χ4v) is 3.29. The van der Waals surface area contributed by atoms with Crippen LogP contribution in [0.25, 0.3) is 0 Å². The molecule has 2 rings (SSSR count). The van der Waals surface area contributed by atoms with Gasteiger partial charge in [-0.2, -0.15) is 0 Å². The Kier molecular flexibility index (Phi) is 8.33. The van der Waals surface area contributed by atoms with Crippen molar-refractivity contribution < 1.29 is 4.79 Å². The average molecular weight is 387 g/mol. The van der Waals surface area contributed by atoms with Gasteiger partial charge in [-0.15, -0.1) is 11.3 Å². The number of guanidine groups is 1. The molecule has 27 heavy (non-hydrogen) atoms.